The number of H-pyrrole nitrogens is 1. The largest absolute Gasteiger partial charge is 0.380 e. The number of hydrogen-bond donors (Lipinski definition) is 2. The molecule has 3 aromatic heterocycles. The highest BCUT2D eigenvalue weighted by Gasteiger charge is 2.39. The van der Waals surface area contributed by atoms with Crippen molar-refractivity contribution in [3.8, 4) is 22.4 Å². The average Bonchev–Trinajstić information content (AvgIpc) is 3.66. The Hall–Kier alpha value is -3.27. The van der Waals surface area contributed by atoms with E-state index < -0.39 is 5.60 Å². The zero-order chi connectivity index (χ0) is 25.9. The summed E-state index contributed by atoms with van der Waals surface area (Å²) in [6, 6.07) is 7.26. The first-order chi connectivity index (χ1) is 18.5. The molecule has 198 valence electrons. The number of likely N-dealkylation sites (tertiary alicyclic amines) is 1. The van der Waals surface area contributed by atoms with Crippen molar-refractivity contribution in [2.75, 3.05) is 44.8 Å². The molecule has 1 unspecified atom stereocenters. The van der Waals surface area contributed by atoms with E-state index in [-0.39, 0.29) is 0 Å². The number of nitrogens with zero attached hydrogens (tertiary/aromatic N) is 6. The molecular formula is C29H35N7O2. The quantitative estimate of drug-likeness (QED) is 0.417. The molecule has 9 heteroatoms. The Labute approximate surface area is 222 Å². The standard InChI is InChI=1S/C29H35N7O2/c1-19-4-3-7-35(19)24-11-20(10-22(12-24)29(37)17-38-18-29)26-15-31-28-27(33-26)25(14-30-28)21-13-32-36(16-21)23-5-8-34(2)9-6-23/h10-16,19,23,37H,3-9,17-18H2,1-2H3,(H,30,31). The van der Waals surface area contributed by atoms with Crippen LogP contribution in [0.3, 0.4) is 0 Å². The second-order valence-corrected chi connectivity index (χ2v) is 11.4. The first-order valence-corrected chi connectivity index (χ1v) is 13.8. The Bertz CT molecular complexity index is 1460. The topological polar surface area (TPSA) is 95.3 Å². The summed E-state index contributed by atoms with van der Waals surface area (Å²) in [7, 11) is 2.18. The molecule has 6 heterocycles. The Balaban J connectivity index is 1.26. The second-order valence-electron chi connectivity index (χ2n) is 11.4. The van der Waals surface area contributed by atoms with Gasteiger partial charge in [-0.2, -0.15) is 5.10 Å². The van der Waals surface area contributed by atoms with Gasteiger partial charge < -0.3 is 24.6 Å². The molecule has 0 spiro atoms. The van der Waals surface area contributed by atoms with Gasteiger partial charge in [-0.25, -0.2) is 9.97 Å². The molecule has 3 aliphatic rings. The molecule has 2 N–H and O–H groups in total. The molecule has 1 atom stereocenters. The minimum absolute atomic E-state index is 0.319. The molecule has 0 saturated carbocycles. The maximum absolute atomic E-state index is 11.1. The molecule has 3 saturated heterocycles. The third kappa shape index (κ3) is 4.09. The van der Waals surface area contributed by atoms with Gasteiger partial charge in [0.25, 0.3) is 0 Å². The summed E-state index contributed by atoms with van der Waals surface area (Å²) in [5.74, 6) is 0. The number of piperidine rings is 1. The summed E-state index contributed by atoms with van der Waals surface area (Å²) in [6.07, 6.45) is 12.5. The van der Waals surface area contributed by atoms with Gasteiger partial charge in [0.2, 0.25) is 0 Å². The molecule has 0 aliphatic carbocycles. The molecule has 0 amide bonds. The van der Waals surface area contributed by atoms with Crippen molar-refractivity contribution in [2.24, 2.45) is 0 Å². The number of anilines is 1. The molecule has 3 aliphatic heterocycles. The molecule has 4 aromatic rings. The van der Waals surface area contributed by atoms with E-state index in [0.717, 1.165) is 77.3 Å². The number of aromatic amines is 1. The zero-order valence-corrected chi connectivity index (χ0v) is 22.1. The summed E-state index contributed by atoms with van der Waals surface area (Å²) in [5.41, 5.74) is 6.44. The lowest BCUT2D eigenvalue weighted by Crippen LogP contribution is -2.46. The molecule has 7 rings (SSSR count). The van der Waals surface area contributed by atoms with Crippen molar-refractivity contribution in [3.63, 3.8) is 0 Å². The van der Waals surface area contributed by atoms with Crippen LogP contribution in [0.1, 0.15) is 44.2 Å². The molecule has 1 aromatic carbocycles. The zero-order valence-electron chi connectivity index (χ0n) is 22.1. The van der Waals surface area contributed by atoms with Crippen molar-refractivity contribution in [1.29, 1.82) is 0 Å². The van der Waals surface area contributed by atoms with Crippen LogP contribution in [0.25, 0.3) is 33.5 Å². The maximum Gasteiger partial charge on any atom is 0.156 e. The molecule has 0 radical (unpaired) electrons. The van der Waals surface area contributed by atoms with Crippen LogP contribution in [0, 0.1) is 0 Å². The lowest BCUT2D eigenvalue weighted by atomic mass is 9.89. The summed E-state index contributed by atoms with van der Waals surface area (Å²) >= 11 is 0. The highest BCUT2D eigenvalue weighted by Crippen LogP contribution is 2.38. The molecule has 3 fully saturated rings. The lowest BCUT2D eigenvalue weighted by molar-refractivity contribution is -0.184. The van der Waals surface area contributed by atoms with Gasteiger partial charge in [0, 0.05) is 47.4 Å². The maximum atomic E-state index is 11.1. The van der Waals surface area contributed by atoms with E-state index in [4.69, 9.17) is 19.8 Å². The van der Waals surface area contributed by atoms with E-state index in [9.17, 15) is 5.11 Å². The van der Waals surface area contributed by atoms with Gasteiger partial charge in [0.05, 0.1) is 37.3 Å². The van der Waals surface area contributed by atoms with E-state index in [1.807, 2.05) is 24.7 Å². The van der Waals surface area contributed by atoms with Gasteiger partial charge in [-0.3, -0.25) is 4.68 Å². The van der Waals surface area contributed by atoms with Crippen LogP contribution in [0.15, 0.2) is 43.0 Å². The number of aliphatic hydroxyl groups is 1. The summed E-state index contributed by atoms with van der Waals surface area (Å²) in [4.78, 5) is 17.9. The first kappa shape index (κ1) is 23.8. The van der Waals surface area contributed by atoms with Gasteiger partial charge in [-0.1, -0.05) is 0 Å². The van der Waals surface area contributed by atoms with Crippen molar-refractivity contribution in [2.45, 2.75) is 50.3 Å². The average molecular weight is 514 g/mol. The smallest absolute Gasteiger partial charge is 0.156 e. The molecule has 9 nitrogen and oxygen atoms in total. The van der Waals surface area contributed by atoms with Crippen molar-refractivity contribution in [3.05, 3.63) is 48.5 Å². The molecule has 0 bridgehead atoms. The summed E-state index contributed by atoms with van der Waals surface area (Å²) < 4.78 is 7.50. The minimum atomic E-state index is -0.951. The monoisotopic (exact) mass is 513 g/mol. The van der Waals surface area contributed by atoms with Gasteiger partial charge in [-0.15, -0.1) is 0 Å². The fourth-order valence-electron chi connectivity index (χ4n) is 6.16. The Morgan fingerprint density at radius 3 is 2.63 bits per heavy atom. The van der Waals surface area contributed by atoms with Crippen LogP contribution in [-0.4, -0.2) is 80.7 Å². The Morgan fingerprint density at radius 1 is 1.05 bits per heavy atom. The van der Waals surface area contributed by atoms with Gasteiger partial charge in [-0.05, 0) is 76.5 Å². The van der Waals surface area contributed by atoms with Crippen LogP contribution in [0.5, 0.6) is 0 Å². The number of benzene rings is 1. The van der Waals surface area contributed by atoms with E-state index in [2.05, 4.69) is 51.8 Å². The van der Waals surface area contributed by atoms with E-state index in [1.165, 1.54) is 12.8 Å². The fourth-order valence-corrected chi connectivity index (χ4v) is 6.16. The highest BCUT2D eigenvalue weighted by molar-refractivity contribution is 5.91. The number of nitrogens with one attached hydrogen (secondary N) is 1. The first-order valence-electron chi connectivity index (χ1n) is 13.8. The Kier molecular flexibility index (Phi) is 5.76. The number of ether oxygens (including phenoxy) is 1. The van der Waals surface area contributed by atoms with Gasteiger partial charge >= 0.3 is 0 Å². The van der Waals surface area contributed by atoms with E-state index in [0.29, 0.717) is 25.3 Å². The lowest BCUT2D eigenvalue weighted by Gasteiger charge is -2.38. The number of rotatable bonds is 5. The van der Waals surface area contributed by atoms with Gasteiger partial charge in [0.15, 0.2) is 5.65 Å². The van der Waals surface area contributed by atoms with Crippen molar-refractivity contribution < 1.29 is 9.84 Å². The predicted octanol–water partition coefficient (Wildman–Crippen LogP) is 3.96. The minimum Gasteiger partial charge on any atom is -0.380 e. The number of fused-ring (bicyclic) bond motifs is 1. The summed E-state index contributed by atoms with van der Waals surface area (Å²) in [6.45, 7) is 6.12. The third-order valence-corrected chi connectivity index (χ3v) is 8.67. The number of hydrogen-bond acceptors (Lipinski definition) is 7. The van der Waals surface area contributed by atoms with Crippen LogP contribution < -0.4 is 4.90 Å². The van der Waals surface area contributed by atoms with Gasteiger partial charge in [0.1, 0.15) is 11.1 Å². The fraction of sp³-hybridized carbons (Fsp3) is 0.483. The van der Waals surface area contributed by atoms with E-state index >= 15 is 0 Å². The normalized spacial score (nSPS) is 22.3. The Morgan fingerprint density at radius 2 is 1.89 bits per heavy atom. The van der Waals surface area contributed by atoms with Crippen molar-refractivity contribution in [1.82, 2.24) is 29.6 Å². The molecular weight excluding hydrogens is 478 g/mol. The second kappa shape index (κ2) is 9.18. The predicted molar refractivity (Wildman–Crippen MR) is 147 cm³/mol. The van der Waals surface area contributed by atoms with E-state index in [1.54, 1.807) is 0 Å². The molecule has 38 heavy (non-hydrogen) atoms. The SMILES string of the molecule is CC1CCCN1c1cc(-c2cnc3[nH]cc(-c4cnn(C5CCN(C)CC5)c4)c3n2)cc(C2(O)COC2)c1. The van der Waals surface area contributed by atoms with Crippen LogP contribution in [0.4, 0.5) is 5.69 Å². The van der Waals surface area contributed by atoms with Crippen LogP contribution in [0.2, 0.25) is 0 Å². The van der Waals surface area contributed by atoms with Crippen molar-refractivity contribution >= 4 is 16.9 Å². The summed E-state index contributed by atoms with van der Waals surface area (Å²) in [5, 5.41) is 15.9. The third-order valence-electron chi connectivity index (χ3n) is 8.67. The number of aromatic nitrogens is 5. The highest BCUT2D eigenvalue weighted by atomic mass is 16.5. The van der Waals surface area contributed by atoms with Crippen LogP contribution in [-0.2, 0) is 10.3 Å². The van der Waals surface area contributed by atoms with Crippen LogP contribution >= 0.6 is 0 Å².